The zero-order chi connectivity index (χ0) is 85.2. The van der Waals surface area contributed by atoms with E-state index in [-0.39, 0.29) is 22.4 Å². The van der Waals surface area contributed by atoms with Gasteiger partial charge in [-0.15, -0.1) is 0 Å². The molecule has 126 heavy (non-hydrogen) atoms. The van der Waals surface area contributed by atoms with Crippen LogP contribution in [0.2, 0.25) is 0 Å². The first-order valence-corrected chi connectivity index (χ1v) is 40.3. The summed E-state index contributed by atoms with van der Waals surface area (Å²) in [5, 5.41) is 13.7. The minimum absolute atomic E-state index is 0.0393. The fraction of sp³-hybridized carbons (Fsp3) is 0.0190. The fourth-order valence-corrected chi connectivity index (χ4v) is 16.3. The summed E-state index contributed by atoms with van der Waals surface area (Å²) in [6.07, 6.45) is -10.7. The van der Waals surface area contributed by atoms with Gasteiger partial charge in [0.05, 0.1) is 50.5 Å². The smallest absolute Gasteiger partial charge is 0.309 e. The molecule has 6 aromatic heterocycles. The van der Waals surface area contributed by atoms with Gasteiger partial charge < -0.3 is 9.13 Å². The van der Waals surface area contributed by atoms with Gasteiger partial charge in [0.1, 0.15) is 0 Å². The maximum absolute atomic E-state index is 16.3. The maximum Gasteiger partial charge on any atom is 0.417 e. The quantitative estimate of drug-likeness (QED) is 0.0832. The average molecular weight is 1650 g/mol. The Labute approximate surface area is 715 Å². The Balaban J connectivity index is 0.833. The molecule has 6 heterocycles. The largest absolute Gasteiger partial charge is 0.417 e. The second-order valence-electron chi connectivity index (χ2n) is 30.0. The molecular weight excluding hydrogens is 1590 g/mol. The summed E-state index contributed by atoms with van der Waals surface area (Å²) in [6.45, 7) is 0. The van der Waals surface area contributed by atoms with E-state index >= 15 is 26.3 Å². The lowest BCUT2D eigenvalue weighted by Gasteiger charge is -2.23. The Kier molecular flexibility index (Phi) is 19.1. The molecule has 0 aliphatic heterocycles. The molecule has 21 heteroatoms. The second-order valence-corrected chi connectivity index (χ2v) is 30.0. The minimum atomic E-state index is -5.34. The van der Waals surface area contributed by atoms with Crippen molar-refractivity contribution < 1.29 is 26.3 Å². The van der Waals surface area contributed by atoms with Crippen LogP contribution in [0.4, 0.5) is 26.3 Å². The van der Waals surface area contributed by atoms with Crippen LogP contribution in [0.5, 0.6) is 0 Å². The highest BCUT2D eigenvalue weighted by Crippen LogP contribution is 2.51. The van der Waals surface area contributed by atoms with Gasteiger partial charge in [0, 0.05) is 105 Å². The van der Waals surface area contributed by atoms with Gasteiger partial charge in [-0.05, 0) is 126 Å². The first-order valence-electron chi connectivity index (χ1n) is 40.3. The van der Waals surface area contributed by atoms with Crippen molar-refractivity contribution in [2.45, 2.75) is 12.4 Å². The molecule has 15 nitrogen and oxygen atoms in total. The first-order chi connectivity index (χ1) is 61.6. The Bertz CT molecular complexity index is 7220. The summed E-state index contributed by atoms with van der Waals surface area (Å²) in [7, 11) is 0. The number of rotatable bonds is 16. The summed E-state index contributed by atoms with van der Waals surface area (Å²) >= 11 is 0. The van der Waals surface area contributed by atoms with E-state index in [9.17, 15) is 5.26 Å². The third-order valence-corrected chi connectivity index (χ3v) is 22.2. The lowest BCUT2D eigenvalue weighted by molar-refractivity contribution is -0.142. The molecule has 0 bridgehead atoms. The number of nitriles is 1. The van der Waals surface area contributed by atoms with Crippen molar-refractivity contribution in [2.75, 3.05) is 0 Å². The van der Waals surface area contributed by atoms with E-state index in [1.807, 2.05) is 325 Å². The molecular formula is C105H61F6N15. The number of hydrogen-bond donors (Lipinski definition) is 0. The summed E-state index contributed by atoms with van der Waals surface area (Å²) in [4.78, 5) is 61.1. The molecule has 0 aliphatic carbocycles. The number of benzene rings is 15. The molecule has 0 saturated carbocycles. The molecule has 15 aromatic carbocycles. The number of nitrogens with zero attached hydrogens (tertiary/aromatic N) is 15. The number of aromatic nitrogens is 14. The van der Waals surface area contributed by atoms with Crippen LogP contribution in [-0.2, 0) is 12.4 Å². The molecule has 598 valence electrons. The highest BCUT2D eigenvalue weighted by Gasteiger charge is 2.42. The molecule has 0 aliphatic rings. The first kappa shape index (κ1) is 76.4. The number of hydrogen-bond acceptors (Lipinski definition) is 13. The lowest BCUT2D eigenvalue weighted by Crippen LogP contribution is -2.14. The van der Waals surface area contributed by atoms with Crippen molar-refractivity contribution in [1.29, 1.82) is 5.26 Å². The van der Waals surface area contributed by atoms with Crippen molar-refractivity contribution in [1.82, 2.24) is 68.9 Å². The summed E-state index contributed by atoms with van der Waals surface area (Å²) in [5.74, 6) is 4.58. The van der Waals surface area contributed by atoms with Crippen molar-refractivity contribution in [3.63, 3.8) is 0 Å². The van der Waals surface area contributed by atoms with Crippen LogP contribution in [-0.4, -0.2) is 68.9 Å². The van der Waals surface area contributed by atoms with Crippen LogP contribution in [0.25, 0.3) is 214 Å². The SMILES string of the molecule is N#Cc1ccc(-n2c3ccc(-c4nc(-c5ccccc5)nc(-c5ccccc5)n4)cc3c3cc(-c4nc(-c5ccccc5)nc(-c5ccccc5)n4)ccc32)c(-c2cc(-n3c4ccc(-c5nc(-c6ccccc6)nc(-c6ccccc6)n5)cc4c4cc(-c5nc(-c6ccccc6)nc(-c6ccccc6)n5)ccc43)ccc2-c2c(C(F)(F)F)cccc2C(F)(F)F)c1. The average Bonchev–Trinajstić information content (AvgIpc) is 1.51. The Morgan fingerprint density at radius 1 is 0.214 bits per heavy atom. The van der Waals surface area contributed by atoms with Gasteiger partial charge in [-0.2, -0.15) is 31.6 Å². The van der Waals surface area contributed by atoms with Gasteiger partial charge in [-0.1, -0.05) is 255 Å². The Morgan fingerprint density at radius 2 is 0.468 bits per heavy atom. The third kappa shape index (κ3) is 14.4. The van der Waals surface area contributed by atoms with Crippen LogP contribution in [0.3, 0.4) is 0 Å². The maximum atomic E-state index is 16.3. The fourth-order valence-electron chi connectivity index (χ4n) is 16.3. The molecule has 0 fully saturated rings. The summed E-state index contributed by atoms with van der Waals surface area (Å²) in [6, 6.07) is 113. The van der Waals surface area contributed by atoms with Gasteiger partial charge in [0.15, 0.2) is 69.9 Å². The predicted octanol–water partition coefficient (Wildman–Crippen LogP) is 25.9. The lowest BCUT2D eigenvalue weighted by atomic mass is 9.86. The zero-order valence-electron chi connectivity index (χ0n) is 66.2. The molecule has 0 unspecified atom stereocenters. The Morgan fingerprint density at radius 3 is 0.722 bits per heavy atom. The van der Waals surface area contributed by atoms with E-state index in [2.05, 4.69) is 6.07 Å². The third-order valence-electron chi connectivity index (χ3n) is 22.2. The van der Waals surface area contributed by atoms with Crippen LogP contribution < -0.4 is 0 Å². The van der Waals surface area contributed by atoms with Crippen LogP contribution in [0.1, 0.15) is 16.7 Å². The van der Waals surface area contributed by atoms with E-state index in [0.29, 0.717) is 154 Å². The molecule has 0 atom stereocenters. The monoisotopic (exact) mass is 1650 g/mol. The topological polar surface area (TPSA) is 188 Å². The van der Waals surface area contributed by atoms with E-state index < -0.39 is 34.6 Å². The van der Waals surface area contributed by atoms with Crippen molar-refractivity contribution in [2.24, 2.45) is 0 Å². The van der Waals surface area contributed by atoms with Crippen molar-refractivity contribution in [3.8, 4) is 176 Å². The van der Waals surface area contributed by atoms with Gasteiger partial charge >= 0.3 is 12.4 Å². The second kappa shape index (κ2) is 31.5. The van der Waals surface area contributed by atoms with Gasteiger partial charge in [0.25, 0.3) is 0 Å². The standard InChI is InChI=1S/C105H61F6N15/c106-104(107,108)84-42-25-43-85(105(109,110)111)91(84)77-50-49-76(125-86-52-45-72(100-117-92(64-26-9-1-10-27-64)113-93(118-100)65-28-11-2-12-29-65)57-80(86)81-58-73(46-53-87(81)125)101-119-94(66-30-13-3-14-31-66)114-95(120-101)67-32-15-4-16-33-67)61-78(77)79-56-63(62-112)44-51-88(79)126-89-54-47-74(102-121-96(68-34-17-5-18-35-68)115-97(122-102)69-36-19-6-20-37-69)59-82(89)83-60-75(48-55-90(83)126)103-123-98(70-38-21-7-22-39-70)116-99(124-103)71-40-23-8-24-41-71/h1-61H. The molecule has 0 amide bonds. The molecule has 0 radical (unpaired) electrons. The van der Waals surface area contributed by atoms with Crippen LogP contribution in [0.15, 0.2) is 370 Å². The number of halogens is 6. The molecule has 21 aromatic rings. The molecule has 0 N–H and O–H groups in total. The van der Waals surface area contributed by atoms with Crippen LogP contribution in [0, 0.1) is 11.3 Å². The van der Waals surface area contributed by atoms with Gasteiger partial charge in [-0.25, -0.2) is 59.8 Å². The zero-order valence-corrected chi connectivity index (χ0v) is 66.2. The van der Waals surface area contributed by atoms with E-state index in [4.69, 9.17) is 59.8 Å². The summed E-state index contributed by atoms with van der Waals surface area (Å²) < 4.78 is 102. The van der Waals surface area contributed by atoms with E-state index in [1.165, 1.54) is 18.2 Å². The number of alkyl halides is 6. The highest BCUT2D eigenvalue weighted by atomic mass is 19.4. The van der Waals surface area contributed by atoms with E-state index in [1.54, 1.807) is 18.2 Å². The minimum Gasteiger partial charge on any atom is -0.309 e. The van der Waals surface area contributed by atoms with Crippen LogP contribution >= 0.6 is 0 Å². The molecule has 21 rings (SSSR count). The highest BCUT2D eigenvalue weighted by molar-refractivity contribution is 6.14. The normalized spacial score (nSPS) is 11.7. The van der Waals surface area contributed by atoms with Gasteiger partial charge in [0.2, 0.25) is 0 Å². The Hall–Kier alpha value is -17.0. The number of fused-ring (bicyclic) bond motifs is 6. The van der Waals surface area contributed by atoms with E-state index in [0.717, 1.165) is 50.6 Å². The summed E-state index contributed by atoms with van der Waals surface area (Å²) in [5.41, 5.74) is 6.27. The van der Waals surface area contributed by atoms with Crippen molar-refractivity contribution in [3.05, 3.63) is 387 Å². The van der Waals surface area contributed by atoms with Crippen molar-refractivity contribution >= 4 is 43.6 Å². The molecule has 0 spiro atoms. The predicted molar refractivity (Wildman–Crippen MR) is 479 cm³/mol. The van der Waals surface area contributed by atoms with Gasteiger partial charge in [-0.3, -0.25) is 0 Å². The molecule has 0 saturated heterocycles.